The van der Waals surface area contributed by atoms with E-state index in [0.717, 1.165) is 11.3 Å². The molecule has 1 aliphatic rings. The van der Waals surface area contributed by atoms with Gasteiger partial charge in [-0.1, -0.05) is 25.1 Å². The molecule has 0 aliphatic carbocycles. The molecule has 0 radical (unpaired) electrons. The van der Waals surface area contributed by atoms with Gasteiger partial charge in [-0.25, -0.2) is 13.2 Å². The Kier molecular flexibility index (Phi) is 6.21. The Morgan fingerprint density at radius 2 is 1.97 bits per heavy atom. The molecule has 0 saturated carbocycles. The van der Waals surface area contributed by atoms with Crippen LogP contribution in [-0.2, 0) is 25.8 Å². The number of ether oxygens (including phenoxy) is 1. The topological polar surface area (TPSA) is 93.6 Å². The van der Waals surface area contributed by atoms with Gasteiger partial charge in [-0.15, -0.1) is 0 Å². The van der Waals surface area contributed by atoms with Crippen molar-refractivity contribution < 1.29 is 22.7 Å². The predicted molar refractivity (Wildman–Crippen MR) is 111 cm³/mol. The van der Waals surface area contributed by atoms with Crippen LogP contribution in [0.15, 0.2) is 24.3 Å². The molecule has 0 N–H and O–H groups in total. The number of esters is 1. The minimum absolute atomic E-state index is 0.0332. The normalized spacial score (nSPS) is 18.0. The molecule has 0 bridgehead atoms. The van der Waals surface area contributed by atoms with E-state index in [1.165, 1.54) is 4.90 Å². The van der Waals surface area contributed by atoms with E-state index >= 15 is 0 Å². The van der Waals surface area contributed by atoms with Gasteiger partial charge in [0.25, 0.3) is 5.91 Å². The third-order valence-electron chi connectivity index (χ3n) is 5.41. The van der Waals surface area contributed by atoms with Crippen molar-refractivity contribution >= 4 is 32.6 Å². The molecule has 7 nitrogen and oxygen atoms in total. The summed E-state index contributed by atoms with van der Waals surface area (Å²) < 4.78 is 28.8. The lowest BCUT2D eigenvalue weighted by atomic mass is 10.0. The molecule has 1 unspecified atom stereocenters. The number of hydrogen-bond donors (Lipinski definition) is 0. The molecular weight excluding hydrogens is 392 g/mol. The lowest BCUT2D eigenvalue weighted by Gasteiger charge is -2.26. The first-order valence-corrected chi connectivity index (χ1v) is 11.6. The summed E-state index contributed by atoms with van der Waals surface area (Å²) in [5.74, 6) is -0.897. The molecule has 1 saturated heterocycles. The van der Waals surface area contributed by atoms with Gasteiger partial charge < -0.3 is 9.64 Å². The van der Waals surface area contributed by atoms with Crippen molar-refractivity contribution in [1.29, 1.82) is 0 Å². The van der Waals surface area contributed by atoms with Gasteiger partial charge in [-0.3, -0.25) is 9.78 Å². The first kappa shape index (κ1) is 21.2. The van der Waals surface area contributed by atoms with Gasteiger partial charge in [-0.2, -0.15) is 0 Å². The number of benzene rings is 1. The van der Waals surface area contributed by atoms with Crippen LogP contribution >= 0.6 is 0 Å². The van der Waals surface area contributed by atoms with Crippen molar-refractivity contribution in [3.05, 3.63) is 41.1 Å². The minimum Gasteiger partial charge on any atom is -0.452 e. The van der Waals surface area contributed by atoms with Crippen molar-refractivity contribution in [3.8, 4) is 0 Å². The molecule has 29 heavy (non-hydrogen) atoms. The number of nitrogens with zero attached hydrogens (tertiary/aromatic N) is 2. The molecule has 1 fully saturated rings. The summed E-state index contributed by atoms with van der Waals surface area (Å²) in [5, 5.41) is 0.689. The second kappa shape index (κ2) is 8.49. The molecule has 156 valence electrons. The van der Waals surface area contributed by atoms with Crippen molar-refractivity contribution in [2.45, 2.75) is 39.7 Å². The van der Waals surface area contributed by atoms with E-state index in [2.05, 4.69) is 4.98 Å². The summed E-state index contributed by atoms with van der Waals surface area (Å²) in [6, 6.07) is 6.99. The smallest absolute Gasteiger partial charge is 0.339 e. The molecular formula is C21H26N2O5S. The monoisotopic (exact) mass is 418 g/mol. The Labute approximate surface area is 171 Å². The number of rotatable bonds is 6. The van der Waals surface area contributed by atoms with Crippen molar-refractivity contribution in [2.75, 3.05) is 24.7 Å². The van der Waals surface area contributed by atoms with E-state index < -0.39 is 22.4 Å². The maximum atomic E-state index is 12.9. The highest BCUT2D eigenvalue weighted by Crippen LogP contribution is 2.24. The van der Waals surface area contributed by atoms with E-state index in [1.54, 1.807) is 6.92 Å². The maximum Gasteiger partial charge on any atom is 0.339 e. The van der Waals surface area contributed by atoms with Crippen LogP contribution in [0.2, 0.25) is 0 Å². The number of fused-ring (bicyclic) bond motifs is 1. The number of carbonyl (C=O) groups excluding carboxylic acids is 2. The summed E-state index contributed by atoms with van der Waals surface area (Å²) in [6.07, 6.45) is 1.10. The molecule has 2 aromatic rings. The highest BCUT2D eigenvalue weighted by atomic mass is 32.2. The minimum atomic E-state index is -3.10. The highest BCUT2D eigenvalue weighted by Gasteiger charge is 2.34. The van der Waals surface area contributed by atoms with Crippen LogP contribution in [-0.4, -0.2) is 60.9 Å². The van der Waals surface area contributed by atoms with Crippen molar-refractivity contribution in [3.63, 3.8) is 0 Å². The number of hydrogen-bond acceptors (Lipinski definition) is 6. The van der Waals surface area contributed by atoms with Gasteiger partial charge in [0, 0.05) is 23.7 Å². The molecule has 3 rings (SSSR count). The van der Waals surface area contributed by atoms with Gasteiger partial charge in [0.05, 0.1) is 22.6 Å². The number of aryl methyl sites for hydroxylation is 1. The molecule has 1 amide bonds. The third kappa shape index (κ3) is 4.42. The largest absolute Gasteiger partial charge is 0.452 e. The number of amides is 1. The number of para-hydroxylation sites is 1. The van der Waals surface area contributed by atoms with Crippen LogP contribution in [0.3, 0.4) is 0 Å². The predicted octanol–water partition coefficient (Wildman–Crippen LogP) is 2.30. The zero-order valence-electron chi connectivity index (χ0n) is 17.0. The van der Waals surface area contributed by atoms with Gasteiger partial charge in [0.1, 0.15) is 0 Å². The fraction of sp³-hybridized carbons (Fsp3) is 0.476. The van der Waals surface area contributed by atoms with Gasteiger partial charge in [0.2, 0.25) is 0 Å². The second-order valence-corrected chi connectivity index (χ2v) is 9.47. The third-order valence-corrected chi connectivity index (χ3v) is 7.16. The van der Waals surface area contributed by atoms with E-state index in [1.807, 2.05) is 38.1 Å². The van der Waals surface area contributed by atoms with Crippen LogP contribution in [0.5, 0.6) is 0 Å². The van der Waals surface area contributed by atoms with Crippen LogP contribution in [0, 0.1) is 6.92 Å². The van der Waals surface area contributed by atoms with E-state index in [-0.39, 0.29) is 23.5 Å². The number of sulfone groups is 1. The van der Waals surface area contributed by atoms with Crippen LogP contribution in [0.25, 0.3) is 10.9 Å². The summed E-state index contributed by atoms with van der Waals surface area (Å²) in [7, 11) is -3.10. The molecule has 1 aliphatic heterocycles. The zero-order valence-corrected chi connectivity index (χ0v) is 17.8. The Hall–Kier alpha value is -2.48. The average Bonchev–Trinajstić information content (AvgIpc) is 3.05. The molecule has 1 atom stereocenters. The molecule has 2 heterocycles. The molecule has 1 aromatic carbocycles. The van der Waals surface area contributed by atoms with Crippen LogP contribution in [0.4, 0.5) is 0 Å². The number of aromatic nitrogens is 1. The van der Waals surface area contributed by atoms with Crippen LogP contribution in [0.1, 0.15) is 41.9 Å². The van der Waals surface area contributed by atoms with E-state index in [9.17, 15) is 18.0 Å². The Morgan fingerprint density at radius 1 is 1.24 bits per heavy atom. The lowest BCUT2D eigenvalue weighted by Crippen LogP contribution is -2.43. The van der Waals surface area contributed by atoms with Crippen molar-refractivity contribution in [1.82, 2.24) is 9.88 Å². The number of carbonyl (C=O) groups is 2. The molecule has 1 aromatic heterocycles. The summed E-state index contributed by atoms with van der Waals surface area (Å²) in [4.78, 5) is 31.6. The first-order chi connectivity index (χ1) is 13.8. The lowest BCUT2D eigenvalue weighted by molar-refractivity contribution is -0.136. The fourth-order valence-corrected chi connectivity index (χ4v) is 5.64. The summed E-state index contributed by atoms with van der Waals surface area (Å²) >= 11 is 0. The quantitative estimate of drug-likeness (QED) is 0.668. The fourth-order valence-electron chi connectivity index (χ4n) is 3.91. The number of pyridine rings is 1. The van der Waals surface area contributed by atoms with Gasteiger partial charge in [-0.05, 0) is 38.3 Å². The molecule has 8 heteroatoms. The Morgan fingerprint density at radius 3 is 2.59 bits per heavy atom. The first-order valence-electron chi connectivity index (χ1n) is 9.82. The average molecular weight is 419 g/mol. The van der Waals surface area contributed by atoms with Crippen molar-refractivity contribution in [2.24, 2.45) is 0 Å². The number of likely N-dealkylation sites (N-methyl/N-ethyl adjacent to an activating group) is 1. The summed E-state index contributed by atoms with van der Waals surface area (Å²) in [6.45, 7) is 5.54. The van der Waals surface area contributed by atoms with Crippen LogP contribution < -0.4 is 0 Å². The van der Waals surface area contributed by atoms with E-state index in [0.29, 0.717) is 35.9 Å². The van der Waals surface area contributed by atoms with E-state index in [4.69, 9.17) is 4.74 Å². The van der Waals surface area contributed by atoms with Gasteiger partial charge >= 0.3 is 5.97 Å². The Balaban J connectivity index is 1.79. The maximum absolute atomic E-state index is 12.9. The zero-order chi connectivity index (χ0) is 21.2. The summed E-state index contributed by atoms with van der Waals surface area (Å²) in [5.41, 5.74) is 2.69. The second-order valence-electron chi connectivity index (χ2n) is 7.24. The molecule has 0 spiro atoms. The standard InChI is InChI=1S/C21H26N2O5S/c1-4-17-14(3)20(16-8-6-7-9-18(16)22-17)21(25)28-12-19(24)23(5-2)15-10-11-29(26,27)13-15/h6-9,15H,4-5,10-13H2,1-3H3. The SMILES string of the molecule is CCc1nc2ccccc2c(C(=O)OCC(=O)N(CC)C2CCS(=O)(=O)C2)c1C. The highest BCUT2D eigenvalue weighted by molar-refractivity contribution is 7.91. The Bertz CT molecular complexity index is 1050. The van der Waals surface area contributed by atoms with Gasteiger partial charge in [0.15, 0.2) is 16.4 Å².